The van der Waals surface area contributed by atoms with Gasteiger partial charge in [0.25, 0.3) is 36.0 Å². The highest BCUT2D eigenvalue weighted by Crippen LogP contribution is 2.36. The molecule has 0 aromatic heterocycles. The molecule has 0 N–H and O–H groups in total. The number of fused-ring (bicyclic) bond motifs is 1. The third kappa shape index (κ3) is 7.10. The van der Waals surface area contributed by atoms with Gasteiger partial charge in [-0.1, -0.05) is 51.2 Å². The molecule has 1 unspecified atom stereocenters. The van der Waals surface area contributed by atoms with E-state index in [0.29, 0.717) is 15.4 Å². The average molecular weight is 707 g/mol. The number of aryl methyl sites for hydroxylation is 2. The fraction of sp³-hybridized carbons (Fsp3) is 0.323. The minimum Gasteiger partial charge on any atom is -0.465 e. The highest BCUT2D eigenvalue weighted by atomic mass is 32.3. The molecule has 4 rings (SSSR count). The molecule has 1 aliphatic heterocycles. The topological polar surface area (TPSA) is 179 Å². The molecule has 3 aromatic rings. The van der Waals surface area contributed by atoms with E-state index in [-0.39, 0.29) is 22.5 Å². The third-order valence-electron chi connectivity index (χ3n) is 7.37. The summed E-state index contributed by atoms with van der Waals surface area (Å²) in [6.45, 7) is 4.77. The lowest BCUT2D eigenvalue weighted by Crippen LogP contribution is -2.51. The van der Waals surface area contributed by atoms with Gasteiger partial charge in [0.1, 0.15) is 4.90 Å². The molecule has 0 radical (unpaired) electrons. The number of rotatable bonds is 13. The molecule has 0 saturated heterocycles. The van der Waals surface area contributed by atoms with Gasteiger partial charge in [0.05, 0.1) is 41.2 Å². The summed E-state index contributed by atoms with van der Waals surface area (Å²) in [6, 6.07) is 13.8. The van der Waals surface area contributed by atoms with Crippen molar-refractivity contribution >= 4 is 47.9 Å². The molecule has 0 fully saturated rings. The molecule has 0 saturated carbocycles. The first-order valence-corrected chi connectivity index (χ1v) is 18.8. The summed E-state index contributed by atoms with van der Waals surface area (Å²) in [5.41, 5.74) is 1.09. The first-order valence-electron chi connectivity index (χ1n) is 14.5. The van der Waals surface area contributed by atoms with Crippen molar-refractivity contribution in [3.8, 4) is 0 Å². The Hall–Kier alpha value is -4.12. The number of hydrogen-bond donors (Lipinski definition) is 0. The van der Waals surface area contributed by atoms with E-state index in [1.54, 1.807) is 13.8 Å². The van der Waals surface area contributed by atoms with Crippen LogP contribution in [-0.4, -0.2) is 76.9 Å². The van der Waals surface area contributed by atoms with E-state index in [0.717, 1.165) is 6.07 Å². The van der Waals surface area contributed by atoms with Crippen LogP contribution in [0.3, 0.4) is 0 Å². The second kappa shape index (κ2) is 13.9. The van der Waals surface area contributed by atoms with Gasteiger partial charge in [-0.05, 0) is 70.5 Å². The van der Waals surface area contributed by atoms with Crippen LogP contribution in [-0.2, 0) is 49.1 Å². The maximum Gasteiger partial charge on any atom is 0.320 e. The van der Waals surface area contributed by atoms with E-state index in [9.17, 15) is 39.6 Å². The van der Waals surface area contributed by atoms with Crippen LogP contribution >= 0.6 is 0 Å². The van der Waals surface area contributed by atoms with Crippen molar-refractivity contribution in [3.63, 3.8) is 0 Å². The fourth-order valence-corrected chi connectivity index (χ4v) is 10.5. The van der Waals surface area contributed by atoms with Gasteiger partial charge in [-0.3, -0.25) is 14.4 Å². The molecule has 3 aromatic carbocycles. The van der Waals surface area contributed by atoms with Gasteiger partial charge in [0.2, 0.25) is 0 Å². The molecule has 16 heteroatoms. The lowest BCUT2D eigenvalue weighted by Gasteiger charge is -2.32. The van der Waals surface area contributed by atoms with Gasteiger partial charge in [0, 0.05) is 0 Å². The Kier molecular flexibility index (Phi) is 10.6. The number of esters is 2. The zero-order valence-corrected chi connectivity index (χ0v) is 28.5. The van der Waals surface area contributed by atoms with Crippen LogP contribution in [0.2, 0.25) is 0 Å². The smallest absolute Gasteiger partial charge is 0.320 e. The van der Waals surface area contributed by atoms with Gasteiger partial charge < -0.3 is 9.47 Å². The van der Waals surface area contributed by atoms with E-state index >= 15 is 0 Å². The summed E-state index contributed by atoms with van der Waals surface area (Å²) < 4.78 is 95.1. The summed E-state index contributed by atoms with van der Waals surface area (Å²) in [4.78, 5) is 38.5. The Morgan fingerprint density at radius 1 is 0.766 bits per heavy atom. The van der Waals surface area contributed by atoms with Crippen molar-refractivity contribution in [2.24, 2.45) is 5.92 Å². The molecule has 1 amide bonds. The Morgan fingerprint density at radius 3 is 1.64 bits per heavy atom. The molecule has 1 aliphatic rings. The van der Waals surface area contributed by atoms with Crippen LogP contribution in [0.4, 0.5) is 0 Å². The van der Waals surface area contributed by atoms with Crippen LogP contribution in [0.1, 0.15) is 41.8 Å². The largest absolute Gasteiger partial charge is 0.465 e. The Labute approximate surface area is 274 Å². The molecular weight excluding hydrogens is 673 g/mol. The number of carbonyl (C=O) groups is 3. The van der Waals surface area contributed by atoms with E-state index in [1.807, 2.05) is 0 Å². The number of nitrogens with zero attached hydrogens (tertiary/aromatic N) is 2. The van der Waals surface area contributed by atoms with Crippen molar-refractivity contribution in [1.82, 2.24) is 8.02 Å². The van der Waals surface area contributed by atoms with Gasteiger partial charge in [-0.25, -0.2) is 29.6 Å². The first kappa shape index (κ1) is 35.7. The lowest BCUT2D eigenvalue weighted by atomic mass is 9.99. The van der Waals surface area contributed by atoms with Gasteiger partial charge in [-0.15, -0.1) is 0 Å². The van der Waals surface area contributed by atoms with Crippen molar-refractivity contribution in [1.29, 1.82) is 0 Å². The Balaban J connectivity index is 1.96. The standard InChI is InChI=1S/C31H34N2O11S3/c1-5-43-30(35)27(31(36)44-6-2)19-23(33-29(34)26-9-7-8-10-28(26)47(33,41)42)20-32(45(37,38)24-15-11-21(3)12-16-24)46(39,40)25-17-13-22(4)14-18-25/h7-18,23,27H,5-6,19-20H2,1-4H3. The predicted molar refractivity (Wildman–Crippen MR) is 168 cm³/mol. The lowest BCUT2D eigenvalue weighted by molar-refractivity contribution is -0.162. The summed E-state index contributed by atoms with van der Waals surface area (Å²) in [6.07, 6.45) is -0.861. The van der Waals surface area contributed by atoms with Crippen LogP contribution < -0.4 is 0 Å². The maximum absolute atomic E-state index is 14.2. The zero-order chi connectivity index (χ0) is 34.7. The van der Waals surface area contributed by atoms with Crippen molar-refractivity contribution < 1.29 is 49.1 Å². The summed E-state index contributed by atoms with van der Waals surface area (Å²) >= 11 is 0. The van der Waals surface area contributed by atoms with Gasteiger partial charge in [-0.2, -0.15) is 0 Å². The van der Waals surface area contributed by atoms with Crippen molar-refractivity contribution in [2.75, 3.05) is 19.8 Å². The fourth-order valence-electron chi connectivity index (χ4n) is 5.01. The highest BCUT2D eigenvalue weighted by Gasteiger charge is 2.50. The predicted octanol–water partition coefficient (Wildman–Crippen LogP) is 3.03. The molecule has 0 aliphatic carbocycles. The van der Waals surface area contributed by atoms with Crippen LogP contribution in [0.15, 0.2) is 87.5 Å². The monoisotopic (exact) mass is 706 g/mol. The second-order valence-electron chi connectivity index (χ2n) is 10.6. The maximum atomic E-state index is 14.2. The van der Waals surface area contributed by atoms with Gasteiger partial charge in [0.15, 0.2) is 5.92 Å². The first-order chi connectivity index (χ1) is 22.1. The van der Waals surface area contributed by atoms with Gasteiger partial charge >= 0.3 is 11.9 Å². The molecule has 1 atom stereocenters. The number of benzene rings is 3. The minimum absolute atomic E-state index is 0.0964. The minimum atomic E-state index is -5.00. The Morgan fingerprint density at radius 2 is 1.21 bits per heavy atom. The molecule has 0 spiro atoms. The zero-order valence-electron chi connectivity index (χ0n) is 26.0. The quantitative estimate of drug-likeness (QED) is 0.188. The van der Waals surface area contributed by atoms with E-state index in [2.05, 4.69) is 0 Å². The van der Waals surface area contributed by atoms with Crippen molar-refractivity contribution in [2.45, 2.75) is 54.8 Å². The molecule has 47 heavy (non-hydrogen) atoms. The van der Waals surface area contributed by atoms with E-state index < -0.39 is 87.5 Å². The normalized spacial score (nSPS) is 15.0. The molecule has 13 nitrogen and oxygen atoms in total. The number of hydrogen-bond acceptors (Lipinski definition) is 11. The number of ether oxygens (including phenoxy) is 2. The van der Waals surface area contributed by atoms with Crippen LogP contribution in [0, 0.1) is 19.8 Å². The highest BCUT2D eigenvalue weighted by molar-refractivity contribution is 8.04. The average Bonchev–Trinajstić information content (AvgIpc) is 3.22. The number of amides is 1. The molecule has 1 heterocycles. The summed E-state index contributed by atoms with van der Waals surface area (Å²) in [7, 11) is -14.7. The number of carbonyl (C=O) groups excluding carboxylic acids is 3. The molecule has 252 valence electrons. The van der Waals surface area contributed by atoms with Crippen molar-refractivity contribution in [3.05, 3.63) is 89.5 Å². The molecule has 0 bridgehead atoms. The number of sulfonamides is 3. The van der Waals surface area contributed by atoms with Crippen LogP contribution in [0.25, 0.3) is 0 Å². The Bertz CT molecular complexity index is 1900. The summed E-state index contributed by atoms with van der Waals surface area (Å²) in [5.74, 6) is -5.21. The molecular formula is C31H34N2O11S3. The third-order valence-corrected chi connectivity index (χ3v) is 13.5. The second-order valence-corrected chi connectivity index (χ2v) is 16.4. The van der Waals surface area contributed by atoms with Crippen LogP contribution in [0.5, 0.6) is 0 Å². The SMILES string of the molecule is CCOC(=O)C(CC(CN(S(=O)(=O)c1ccc(C)cc1)S(=O)(=O)c1ccc(C)cc1)N1C(=O)c2ccccc2S1(=O)=O)C(=O)OCC. The van der Waals surface area contributed by atoms with E-state index in [1.165, 1.54) is 80.6 Å². The summed E-state index contributed by atoms with van der Waals surface area (Å²) in [5, 5.41) is 0. The van der Waals surface area contributed by atoms with E-state index in [4.69, 9.17) is 9.47 Å².